The standard InChI is InChI=1S/C14H14ClFIN3O3/c1-19-14(23)13(15)12(5-18-19)20(6-9(22)7-21)11-3-2-8(17)4-10(11)16/h2-5,9,21-22H,6-7H2,1H3. The second-order valence-corrected chi connectivity index (χ2v) is 6.44. The quantitative estimate of drug-likeness (QED) is 0.674. The molecule has 0 fully saturated rings. The molecule has 0 spiro atoms. The molecule has 0 saturated carbocycles. The molecular formula is C14H14ClFIN3O3. The third kappa shape index (κ3) is 4.00. The number of hydrogen-bond donors (Lipinski definition) is 2. The summed E-state index contributed by atoms with van der Waals surface area (Å²) in [5, 5.41) is 22.6. The van der Waals surface area contributed by atoms with E-state index >= 15 is 0 Å². The lowest BCUT2D eigenvalue weighted by molar-refractivity contribution is 0.102. The smallest absolute Gasteiger partial charge is 0.287 e. The minimum absolute atomic E-state index is 0.120. The Labute approximate surface area is 150 Å². The number of halogens is 3. The van der Waals surface area contributed by atoms with Crippen LogP contribution in [-0.4, -0.2) is 39.2 Å². The molecule has 0 bridgehead atoms. The predicted molar refractivity (Wildman–Crippen MR) is 93.7 cm³/mol. The summed E-state index contributed by atoms with van der Waals surface area (Å²) < 4.78 is 16.1. The van der Waals surface area contributed by atoms with Crippen molar-refractivity contribution < 1.29 is 14.6 Å². The molecule has 1 atom stereocenters. The van der Waals surface area contributed by atoms with Crippen LogP contribution >= 0.6 is 34.2 Å². The number of benzene rings is 1. The molecule has 2 aromatic rings. The maximum absolute atomic E-state index is 14.3. The summed E-state index contributed by atoms with van der Waals surface area (Å²) in [6.45, 7) is -0.666. The minimum atomic E-state index is -1.14. The van der Waals surface area contributed by atoms with Gasteiger partial charge in [0.25, 0.3) is 5.56 Å². The van der Waals surface area contributed by atoms with E-state index in [1.54, 1.807) is 6.07 Å². The van der Waals surface area contributed by atoms with Crippen LogP contribution in [0.2, 0.25) is 5.02 Å². The molecular weight excluding hydrogens is 440 g/mol. The van der Waals surface area contributed by atoms with Gasteiger partial charge in [-0.05, 0) is 40.8 Å². The van der Waals surface area contributed by atoms with Gasteiger partial charge in [-0.3, -0.25) is 4.79 Å². The lowest BCUT2D eigenvalue weighted by Gasteiger charge is -2.27. The average molecular weight is 454 g/mol. The van der Waals surface area contributed by atoms with Gasteiger partial charge in [-0.15, -0.1) is 0 Å². The van der Waals surface area contributed by atoms with Gasteiger partial charge in [-0.25, -0.2) is 9.07 Å². The first-order valence-corrected chi connectivity index (χ1v) is 8.04. The molecule has 1 aromatic heterocycles. The third-order valence-corrected chi connectivity index (χ3v) is 4.18. The van der Waals surface area contributed by atoms with Crippen molar-refractivity contribution in [3.8, 4) is 0 Å². The molecule has 0 aliphatic carbocycles. The fraction of sp³-hybridized carbons (Fsp3) is 0.286. The van der Waals surface area contributed by atoms with Gasteiger partial charge in [0.2, 0.25) is 0 Å². The first kappa shape index (κ1) is 18.1. The van der Waals surface area contributed by atoms with E-state index in [2.05, 4.69) is 5.10 Å². The second kappa shape index (κ2) is 7.56. The summed E-state index contributed by atoms with van der Waals surface area (Å²) in [7, 11) is 1.44. The molecule has 1 heterocycles. The van der Waals surface area contributed by atoms with Gasteiger partial charge in [-0.1, -0.05) is 11.6 Å². The van der Waals surface area contributed by atoms with Gasteiger partial charge in [-0.2, -0.15) is 5.10 Å². The van der Waals surface area contributed by atoms with Crippen LogP contribution in [0.1, 0.15) is 0 Å². The van der Waals surface area contributed by atoms with Gasteiger partial charge < -0.3 is 15.1 Å². The molecule has 0 aliphatic rings. The summed E-state index contributed by atoms with van der Waals surface area (Å²) in [6.07, 6.45) is 0.166. The number of nitrogens with zero attached hydrogens (tertiary/aromatic N) is 3. The highest BCUT2D eigenvalue weighted by molar-refractivity contribution is 14.1. The topological polar surface area (TPSA) is 78.6 Å². The summed E-state index contributed by atoms with van der Waals surface area (Å²) >= 11 is 8.04. The minimum Gasteiger partial charge on any atom is -0.394 e. The Hall–Kier alpha value is -1.23. The largest absolute Gasteiger partial charge is 0.394 e. The Morgan fingerprint density at radius 2 is 2.17 bits per heavy atom. The molecule has 2 rings (SSSR count). The van der Waals surface area contributed by atoms with Crippen LogP contribution in [0.5, 0.6) is 0 Å². The van der Waals surface area contributed by atoms with Crippen LogP contribution in [0.3, 0.4) is 0 Å². The Bertz CT molecular complexity index is 771. The van der Waals surface area contributed by atoms with E-state index in [-0.39, 0.29) is 22.9 Å². The fourth-order valence-electron chi connectivity index (χ4n) is 1.99. The number of aromatic nitrogens is 2. The van der Waals surface area contributed by atoms with E-state index in [4.69, 9.17) is 16.7 Å². The van der Waals surface area contributed by atoms with Crippen molar-refractivity contribution in [1.29, 1.82) is 0 Å². The van der Waals surface area contributed by atoms with Crippen molar-refractivity contribution in [2.45, 2.75) is 6.10 Å². The second-order valence-electron chi connectivity index (χ2n) is 4.82. The SMILES string of the molecule is Cn1ncc(N(CC(O)CO)c2ccc(I)cc2F)c(Cl)c1=O. The zero-order chi connectivity index (χ0) is 17.1. The van der Waals surface area contributed by atoms with Crippen LogP contribution in [-0.2, 0) is 7.05 Å². The first-order valence-electron chi connectivity index (χ1n) is 6.58. The number of anilines is 2. The highest BCUT2D eigenvalue weighted by Gasteiger charge is 2.22. The zero-order valence-corrected chi connectivity index (χ0v) is 15.0. The van der Waals surface area contributed by atoms with Crippen LogP contribution in [0.4, 0.5) is 15.8 Å². The average Bonchev–Trinajstić information content (AvgIpc) is 2.51. The molecule has 0 saturated heterocycles. The number of aliphatic hydroxyl groups is 2. The van der Waals surface area contributed by atoms with E-state index in [1.165, 1.54) is 30.3 Å². The monoisotopic (exact) mass is 453 g/mol. The molecule has 9 heteroatoms. The highest BCUT2D eigenvalue weighted by Crippen LogP contribution is 2.31. The van der Waals surface area contributed by atoms with Gasteiger partial charge in [0.15, 0.2) is 0 Å². The molecule has 0 aliphatic heterocycles. The molecule has 6 nitrogen and oxygen atoms in total. The van der Waals surface area contributed by atoms with Crippen LogP contribution in [0, 0.1) is 9.39 Å². The van der Waals surface area contributed by atoms with Crippen molar-refractivity contribution >= 4 is 45.6 Å². The maximum Gasteiger partial charge on any atom is 0.287 e. The lowest BCUT2D eigenvalue weighted by atomic mass is 10.2. The van der Waals surface area contributed by atoms with Crippen molar-refractivity contribution in [3.05, 3.63) is 49.2 Å². The Balaban J connectivity index is 2.59. The van der Waals surface area contributed by atoms with Crippen molar-refractivity contribution in [2.24, 2.45) is 7.05 Å². The Kier molecular flexibility index (Phi) is 5.95. The molecule has 2 N–H and O–H groups in total. The fourth-order valence-corrected chi connectivity index (χ4v) is 2.71. The van der Waals surface area contributed by atoms with E-state index in [0.717, 1.165) is 4.68 Å². The van der Waals surface area contributed by atoms with Gasteiger partial charge in [0.1, 0.15) is 10.8 Å². The molecule has 23 heavy (non-hydrogen) atoms. The Morgan fingerprint density at radius 1 is 1.48 bits per heavy atom. The summed E-state index contributed by atoms with van der Waals surface area (Å²) in [5.74, 6) is -0.543. The third-order valence-electron chi connectivity index (χ3n) is 3.16. The Morgan fingerprint density at radius 3 is 2.78 bits per heavy atom. The van der Waals surface area contributed by atoms with E-state index in [1.807, 2.05) is 22.6 Å². The first-order chi connectivity index (χ1) is 10.8. The number of rotatable bonds is 5. The van der Waals surface area contributed by atoms with Crippen LogP contribution in [0.25, 0.3) is 0 Å². The lowest BCUT2D eigenvalue weighted by Crippen LogP contribution is -2.33. The number of aryl methyl sites for hydroxylation is 1. The predicted octanol–water partition coefficient (Wildman–Crippen LogP) is 1.67. The highest BCUT2D eigenvalue weighted by atomic mass is 127. The summed E-state index contributed by atoms with van der Waals surface area (Å²) in [5.41, 5.74) is -0.268. The molecule has 1 aromatic carbocycles. The molecule has 1 unspecified atom stereocenters. The maximum atomic E-state index is 14.3. The number of hydrogen-bond acceptors (Lipinski definition) is 5. The zero-order valence-electron chi connectivity index (χ0n) is 12.1. The van der Waals surface area contributed by atoms with E-state index < -0.39 is 24.1 Å². The van der Waals surface area contributed by atoms with E-state index in [0.29, 0.717) is 3.57 Å². The van der Waals surface area contributed by atoms with Gasteiger partial charge in [0, 0.05) is 10.6 Å². The van der Waals surface area contributed by atoms with Crippen molar-refractivity contribution in [3.63, 3.8) is 0 Å². The molecule has 124 valence electrons. The van der Waals surface area contributed by atoms with Crippen molar-refractivity contribution in [2.75, 3.05) is 18.1 Å². The molecule has 0 radical (unpaired) electrons. The number of aliphatic hydroxyl groups excluding tert-OH is 2. The molecule has 0 amide bonds. The van der Waals surface area contributed by atoms with E-state index in [9.17, 15) is 14.3 Å². The summed E-state index contributed by atoms with van der Waals surface area (Å²) in [4.78, 5) is 13.3. The summed E-state index contributed by atoms with van der Waals surface area (Å²) in [6, 6.07) is 4.51. The van der Waals surface area contributed by atoms with Gasteiger partial charge in [0.05, 0.1) is 36.8 Å². The van der Waals surface area contributed by atoms with Crippen molar-refractivity contribution in [1.82, 2.24) is 9.78 Å². The van der Waals surface area contributed by atoms with Gasteiger partial charge >= 0.3 is 0 Å². The van der Waals surface area contributed by atoms with Crippen LogP contribution in [0.15, 0.2) is 29.2 Å². The normalized spacial score (nSPS) is 12.3. The van der Waals surface area contributed by atoms with Crippen LogP contribution < -0.4 is 10.5 Å².